The topological polar surface area (TPSA) is 0 Å². The highest BCUT2D eigenvalue weighted by atomic mass is 127. The average molecular weight is 318 g/mol. The number of alkyl halides is 4. The van der Waals surface area contributed by atoms with Crippen LogP contribution >= 0.6 is 22.6 Å². The molecule has 0 atom stereocenters. The highest BCUT2D eigenvalue weighted by Crippen LogP contribution is 2.21. The van der Waals surface area contributed by atoms with Crippen molar-refractivity contribution in [1.82, 2.24) is 0 Å². The van der Waals surface area contributed by atoms with Gasteiger partial charge in [-0.25, -0.2) is 0 Å². The SMILES string of the molecule is CC(C)/C=C\C(=C/CC(F)(F)F)CI. The van der Waals surface area contributed by atoms with Crippen molar-refractivity contribution in [3.63, 3.8) is 0 Å². The van der Waals surface area contributed by atoms with E-state index in [1.165, 1.54) is 6.08 Å². The standard InChI is InChI=1S/C10H14F3I/c1-8(2)3-4-9(7-14)5-6-10(11,12)13/h3-5,8H,6-7H2,1-2H3/b4-3-,9-5+. The molecule has 0 rings (SSSR count). The van der Waals surface area contributed by atoms with Crippen molar-refractivity contribution < 1.29 is 13.2 Å². The summed E-state index contributed by atoms with van der Waals surface area (Å²) in [5.41, 5.74) is 0.733. The van der Waals surface area contributed by atoms with Gasteiger partial charge in [0.1, 0.15) is 0 Å². The predicted octanol–water partition coefficient (Wildman–Crippen LogP) is 4.51. The first kappa shape index (κ1) is 14.0. The number of rotatable bonds is 4. The van der Waals surface area contributed by atoms with Crippen molar-refractivity contribution in [2.75, 3.05) is 4.43 Å². The molecule has 14 heavy (non-hydrogen) atoms. The van der Waals surface area contributed by atoms with E-state index in [0.717, 1.165) is 5.57 Å². The Kier molecular flexibility index (Phi) is 6.48. The van der Waals surface area contributed by atoms with Gasteiger partial charge in [0.05, 0.1) is 6.42 Å². The first-order valence-corrected chi connectivity index (χ1v) is 5.87. The molecule has 0 unspecified atom stereocenters. The van der Waals surface area contributed by atoms with Crippen molar-refractivity contribution in [2.45, 2.75) is 26.4 Å². The van der Waals surface area contributed by atoms with Crippen LogP contribution < -0.4 is 0 Å². The van der Waals surface area contributed by atoms with Gasteiger partial charge < -0.3 is 0 Å². The van der Waals surface area contributed by atoms with E-state index < -0.39 is 12.6 Å². The molecule has 0 aliphatic heterocycles. The number of halogens is 4. The summed E-state index contributed by atoms with van der Waals surface area (Å²) < 4.78 is 36.2. The third-order valence-electron chi connectivity index (χ3n) is 1.45. The highest BCUT2D eigenvalue weighted by molar-refractivity contribution is 14.1. The maximum atomic E-state index is 11.9. The van der Waals surface area contributed by atoms with Gasteiger partial charge >= 0.3 is 6.18 Å². The highest BCUT2D eigenvalue weighted by Gasteiger charge is 2.24. The molecule has 0 aliphatic carbocycles. The summed E-state index contributed by atoms with van der Waals surface area (Å²) in [6.07, 6.45) is -0.0223. The molecular weight excluding hydrogens is 304 g/mol. The van der Waals surface area contributed by atoms with Crippen LogP contribution in [0.4, 0.5) is 13.2 Å². The predicted molar refractivity (Wildman–Crippen MR) is 61.6 cm³/mol. The normalized spacial score (nSPS) is 14.4. The first-order chi connectivity index (χ1) is 6.35. The maximum Gasteiger partial charge on any atom is 0.392 e. The molecule has 4 heteroatoms. The van der Waals surface area contributed by atoms with E-state index in [4.69, 9.17) is 0 Å². The van der Waals surface area contributed by atoms with Gasteiger partial charge in [-0.15, -0.1) is 0 Å². The van der Waals surface area contributed by atoms with E-state index in [-0.39, 0.29) is 0 Å². The molecule has 0 amide bonds. The van der Waals surface area contributed by atoms with Crippen LogP contribution in [0.2, 0.25) is 0 Å². The summed E-state index contributed by atoms with van der Waals surface area (Å²) >= 11 is 2.06. The molecule has 0 spiro atoms. The Balaban J connectivity index is 4.27. The number of hydrogen-bond acceptors (Lipinski definition) is 0. The van der Waals surface area contributed by atoms with Crippen molar-refractivity contribution in [3.8, 4) is 0 Å². The van der Waals surface area contributed by atoms with Crippen LogP contribution in [0.5, 0.6) is 0 Å². The minimum Gasteiger partial charge on any atom is -0.171 e. The Labute approximate surface area is 96.4 Å². The lowest BCUT2D eigenvalue weighted by Crippen LogP contribution is -2.05. The third kappa shape index (κ3) is 8.59. The van der Waals surface area contributed by atoms with Crippen LogP contribution in [-0.4, -0.2) is 10.6 Å². The molecule has 0 nitrogen and oxygen atoms in total. The summed E-state index contributed by atoms with van der Waals surface area (Å²) in [7, 11) is 0. The second kappa shape index (κ2) is 6.48. The van der Waals surface area contributed by atoms with Gasteiger partial charge in [-0.2, -0.15) is 13.2 Å². The Bertz CT molecular complexity index is 214. The van der Waals surface area contributed by atoms with Gasteiger partial charge in [-0.05, 0) is 11.5 Å². The molecule has 0 aromatic carbocycles. The van der Waals surface area contributed by atoms with Crippen LogP contribution in [0, 0.1) is 5.92 Å². The molecule has 0 radical (unpaired) electrons. The molecule has 0 aromatic rings. The van der Waals surface area contributed by atoms with Crippen LogP contribution in [0.15, 0.2) is 23.8 Å². The molecule has 0 bridgehead atoms. The van der Waals surface area contributed by atoms with Gasteiger partial charge in [-0.1, -0.05) is 54.7 Å². The summed E-state index contributed by atoms with van der Waals surface area (Å²) in [5.74, 6) is 0.368. The molecule has 0 fully saturated rings. The molecule has 0 aliphatic rings. The van der Waals surface area contributed by atoms with Gasteiger partial charge in [0.25, 0.3) is 0 Å². The minimum atomic E-state index is -4.09. The van der Waals surface area contributed by atoms with Crippen molar-refractivity contribution >= 4 is 22.6 Å². The number of allylic oxidation sites excluding steroid dienone is 4. The Hall–Kier alpha value is -0.000000000000000222. The van der Waals surface area contributed by atoms with Crippen LogP contribution in [0.3, 0.4) is 0 Å². The number of hydrogen-bond donors (Lipinski definition) is 0. The zero-order valence-electron chi connectivity index (χ0n) is 8.24. The van der Waals surface area contributed by atoms with Gasteiger partial charge in [-0.3, -0.25) is 0 Å². The van der Waals surface area contributed by atoms with E-state index in [0.29, 0.717) is 10.3 Å². The Morgan fingerprint density at radius 3 is 2.29 bits per heavy atom. The molecule has 0 saturated heterocycles. The molecule has 0 saturated carbocycles. The van der Waals surface area contributed by atoms with E-state index in [1.54, 1.807) is 6.08 Å². The summed E-state index contributed by atoms with van der Waals surface area (Å²) in [6.45, 7) is 3.98. The Morgan fingerprint density at radius 1 is 1.36 bits per heavy atom. The quantitative estimate of drug-likeness (QED) is 0.406. The smallest absolute Gasteiger partial charge is 0.171 e. The second-order valence-corrected chi connectivity index (χ2v) is 4.10. The van der Waals surface area contributed by atoms with Gasteiger partial charge in [0.15, 0.2) is 0 Å². The van der Waals surface area contributed by atoms with E-state index in [1.807, 2.05) is 19.9 Å². The molecule has 82 valence electrons. The summed E-state index contributed by atoms with van der Waals surface area (Å²) in [6, 6.07) is 0. The van der Waals surface area contributed by atoms with Crippen LogP contribution in [-0.2, 0) is 0 Å². The van der Waals surface area contributed by atoms with E-state index >= 15 is 0 Å². The lowest BCUT2D eigenvalue weighted by atomic mass is 10.1. The zero-order chi connectivity index (χ0) is 11.2. The lowest BCUT2D eigenvalue weighted by molar-refractivity contribution is -0.125. The first-order valence-electron chi connectivity index (χ1n) is 4.35. The van der Waals surface area contributed by atoms with Crippen molar-refractivity contribution in [2.24, 2.45) is 5.92 Å². The fourth-order valence-electron chi connectivity index (χ4n) is 0.730. The molecular formula is C10H14F3I. The second-order valence-electron chi connectivity index (χ2n) is 3.34. The summed E-state index contributed by atoms with van der Waals surface area (Å²) in [4.78, 5) is 0. The van der Waals surface area contributed by atoms with Gasteiger partial charge in [0, 0.05) is 4.43 Å². The third-order valence-corrected chi connectivity index (χ3v) is 2.33. The lowest BCUT2D eigenvalue weighted by Gasteiger charge is -2.03. The van der Waals surface area contributed by atoms with Crippen LogP contribution in [0.1, 0.15) is 20.3 Å². The molecule has 0 N–H and O–H groups in total. The zero-order valence-corrected chi connectivity index (χ0v) is 10.4. The Morgan fingerprint density at radius 2 is 1.93 bits per heavy atom. The maximum absolute atomic E-state index is 11.9. The minimum absolute atomic E-state index is 0.368. The van der Waals surface area contributed by atoms with Crippen LogP contribution in [0.25, 0.3) is 0 Å². The van der Waals surface area contributed by atoms with Gasteiger partial charge in [0.2, 0.25) is 0 Å². The van der Waals surface area contributed by atoms with Crippen molar-refractivity contribution in [3.05, 3.63) is 23.8 Å². The van der Waals surface area contributed by atoms with E-state index in [9.17, 15) is 13.2 Å². The average Bonchev–Trinajstić information content (AvgIpc) is 2.02. The summed E-state index contributed by atoms with van der Waals surface area (Å²) in [5, 5.41) is 0. The molecule has 0 aromatic heterocycles. The fourth-order valence-corrected chi connectivity index (χ4v) is 1.30. The van der Waals surface area contributed by atoms with E-state index in [2.05, 4.69) is 22.6 Å². The molecule has 0 heterocycles. The van der Waals surface area contributed by atoms with Crippen molar-refractivity contribution in [1.29, 1.82) is 0 Å². The largest absolute Gasteiger partial charge is 0.392 e. The monoisotopic (exact) mass is 318 g/mol. The fraction of sp³-hybridized carbons (Fsp3) is 0.600.